The number of nitrogens with zero attached hydrogens (tertiary/aromatic N) is 1. The average Bonchev–Trinajstić information content (AvgIpc) is 3.51. The van der Waals surface area contributed by atoms with Crippen molar-refractivity contribution < 1.29 is 27.9 Å². The molecule has 7 nitrogen and oxygen atoms in total. The molecule has 3 atom stereocenters. The van der Waals surface area contributed by atoms with Crippen molar-refractivity contribution in [1.82, 2.24) is 10.2 Å². The number of hydrogen-bond donors (Lipinski definition) is 4. The van der Waals surface area contributed by atoms with Crippen LogP contribution in [-0.2, 0) is 17.6 Å². The Morgan fingerprint density at radius 2 is 1.59 bits per heavy atom. The van der Waals surface area contributed by atoms with Crippen LogP contribution in [0.25, 0.3) is 0 Å². The fraction of sp³-hybridized carbons (Fsp3) is 0.742. The highest BCUT2D eigenvalue weighted by Crippen LogP contribution is 2.45. The van der Waals surface area contributed by atoms with E-state index < -0.39 is 42.0 Å². The SMILES string of the molecule is CC(C)(O)C1(N2CC(C(F)(F)F)NC2=O)Cc2ccc(NC(=O)[C@@H](N)C(C3CCCCC3)C3CCCCC3)cc2C1. The molecule has 41 heavy (non-hydrogen) atoms. The van der Waals surface area contributed by atoms with Crippen molar-refractivity contribution in [3.63, 3.8) is 0 Å². The minimum Gasteiger partial charge on any atom is -0.388 e. The van der Waals surface area contributed by atoms with Gasteiger partial charge in [-0.05, 0) is 67.7 Å². The number of aliphatic hydroxyl groups is 1. The van der Waals surface area contributed by atoms with E-state index in [0.717, 1.165) is 41.7 Å². The van der Waals surface area contributed by atoms with E-state index in [4.69, 9.17) is 5.73 Å². The number of hydrogen-bond acceptors (Lipinski definition) is 4. The van der Waals surface area contributed by atoms with E-state index in [1.165, 1.54) is 52.4 Å². The molecule has 0 spiro atoms. The van der Waals surface area contributed by atoms with Crippen molar-refractivity contribution in [3.8, 4) is 0 Å². The third-order valence-electron chi connectivity index (χ3n) is 10.5. The summed E-state index contributed by atoms with van der Waals surface area (Å²) in [4.78, 5) is 27.5. The van der Waals surface area contributed by atoms with Gasteiger partial charge in [-0.3, -0.25) is 4.79 Å². The average molecular weight is 579 g/mol. The van der Waals surface area contributed by atoms with Gasteiger partial charge < -0.3 is 26.4 Å². The van der Waals surface area contributed by atoms with Crippen LogP contribution in [0.3, 0.4) is 0 Å². The van der Waals surface area contributed by atoms with Crippen molar-refractivity contribution in [2.45, 2.75) is 120 Å². The predicted octanol–water partition coefficient (Wildman–Crippen LogP) is 5.29. The summed E-state index contributed by atoms with van der Waals surface area (Å²) in [6, 6.07) is 1.99. The highest BCUT2D eigenvalue weighted by atomic mass is 19.4. The molecule has 3 fully saturated rings. The molecule has 1 aromatic carbocycles. The maximum absolute atomic E-state index is 13.6. The summed E-state index contributed by atoms with van der Waals surface area (Å²) < 4.78 is 40.4. The lowest BCUT2D eigenvalue weighted by molar-refractivity contribution is -0.153. The summed E-state index contributed by atoms with van der Waals surface area (Å²) >= 11 is 0. The number of urea groups is 1. The molecule has 0 aromatic heterocycles. The molecule has 0 bridgehead atoms. The van der Waals surface area contributed by atoms with Crippen LogP contribution in [0.5, 0.6) is 0 Å². The molecule has 5 N–H and O–H groups in total. The zero-order valence-electron chi connectivity index (χ0n) is 24.2. The second-order valence-electron chi connectivity index (χ2n) is 13.5. The van der Waals surface area contributed by atoms with Gasteiger partial charge in [-0.2, -0.15) is 13.2 Å². The second kappa shape index (κ2) is 11.4. The summed E-state index contributed by atoms with van der Waals surface area (Å²) in [5, 5.41) is 16.3. The van der Waals surface area contributed by atoms with Crippen molar-refractivity contribution in [1.29, 1.82) is 0 Å². The Morgan fingerprint density at radius 1 is 1.02 bits per heavy atom. The van der Waals surface area contributed by atoms with Gasteiger partial charge in [0.25, 0.3) is 0 Å². The Bertz CT molecular complexity index is 1110. The van der Waals surface area contributed by atoms with E-state index in [1.54, 1.807) is 6.07 Å². The number of fused-ring (bicyclic) bond motifs is 1. The fourth-order valence-corrected chi connectivity index (χ4v) is 8.19. The molecule has 228 valence electrons. The summed E-state index contributed by atoms with van der Waals surface area (Å²) in [5.74, 6) is 0.882. The first-order valence-electron chi connectivity index (χ1n) is 15.4. The van der Waals surface area contributed by atoms with Gasteiger partial charge in [-0.1, -0.05) is 70.3 Å². The van der Waals surface area contributed by atoms with Crippen LogP contribution < -0.4 is 16.4 Å². The van der Waals surface area contributed by atoms with Crippen molar-refractivity contribution in [3.05, 3.63) is 29.3 Å². The van der Waals surface area contributed by atoms with Gasteiger partial charge in [0.15, 0.2) is 0 Å². The number of nitrogens with one attached hydrogen (secondary N) is 2. The highest BCUT2D eigenvalue weighted by Gasteiger charge is 2.59. The molecular weight excluding hydrogens is 533 g/mol. The molecule has 0 radical (unpaired) electrons. The standard InChI is InChI=1S/C31H45F3N4O3/c1-29(2,41)30(38-18-24(31(32,33)34)37-28(38)40)16-21-13-14-23(15-22(21)17-30)36-27(39)26(35)25(19-9-5-3-6-10-19)20-11-7-4-8-12-20/h13-15,19-20,24-26,41H,3-12,16-18,35H2,1-2H3,(H,36,39)(H,37,40)/t24?,26-,30?/m0/s1. The molecule has 2 saturated carbocycles. The zero-order chi connectivity index (χ0) is 29.6. The van der Waals surface area contributed by atoms with Gasteiger partial charge in [0.1, 0.15) is 6.04 Å². The van der Waals surface area contributed by atoms with Crippen molar-refractivity contribution in [2.24, 2.45) is 23.5 Å². The van der Waals surface area contributed by atoms with E-state index in [-0.39, 0.29) is 24.7 Å². The van der Waals surface area contributed by atoms with E-state index >= 15 is 0 Å². The summed E-state index contributed by atoms with van der Waals surface area (Å²) in [5.41, 5.74) is 6.19. The first kappa shape index (κ1) is 30.1. The molecule has 1 heterocycles. The number of halogens is 3. The highest BCUT2D eigenvalue weighted by molar-refractivity contribution is 5.95. The summed E-state index contributed by atoms with van der Waals surface area (Å²) in [7, 11) is 0. The molecule has 1 aliphatic heterocycles. The molecule has 3 aliphatic carbocycles. The summed E-state index contributed by atoms with van der Waals surface area (Å²) in [6.45, 7) is 2.50. The zero-order valence-corrected chi connectivity index (χ0v) is 24.2. The summed E-state index contributed by atoms with van der Waals surface area (Å²) in [6.07, 6.45) is 7.54. The largest absolute Gasteiger partial charge is 0.410 e. The van der Waals surface area contributed by atoms with Crippen molar-refractivity contribution in [2.75, 3.05) is 11.9 Å². The fourth-order valence-electron chi connectivity index (χ4n) is 8.19. The lowest BCUT2D eigenvalue weighted by atomic mass is 9.66. The molecule has 4 aliphatic rings. The topological polar surface area (TPSA) is 108 Å². The molecular formula is C31H45F3N4O3. The Kier molecular flexibility index (Phi) is 8.38. The molecule has 2 unspecified atom stereocenters. The van der Waals surface area contributed by atoms with E-state index in [2.05, 4.69) is 5.32 Å². The third-order valence-corrected chi connectivity index (χ3v) is 10.5. The normalized spacial score (nSPS) is 27.2. The van der Waals surface area contributed by atoms with Crippen LogP contribution in [0.2, 0.25) is 0 Å². The minimum atomic E-state index is -4.58. The first-order chi connectivity index (χ1) is 19.3. The number of carbonyl (C=O) groups is 2. The second-order valence-corrected chi connectivity index (χ2v) is 13.5. The number of rotatable bonds is 7. The number of benzene rings is 1. The number of amides is 3. The minimum absolute atomic E-state index is 0.156. The van der Waals surface area contributed by atoms with Crippen LogP contribution in [0.4, 0.5) is 23.7 Å². The number of nitrogens with two attached hydrogens (primary N) is 1. The van der Waals surface area contributed by atoms with E-state index in [0.29, 0.717) is 17.5 Å². The van der Waals surface area contributed by atoms with Crippen LogP contribution in [0, 0.1) is 17.8 Å². The van der Waals surface area contributed by atoms with Gasteiger partial charge >= 0.3 is 12.2 Å². The van der Waals surface area contributed by atoms with Crippen LogP contribution >= 0.6 is 0 Å². The maximum atomic E-state index is 13.6. The number of alkyl halides is 3. The monoisotopic (exact) mass is 578 g/mol. The van der Waals surface area contributed by atoms with E-state index in [9.17, 15) is 27.9 Å². The lowest BCUT2D eigenvalue weighted by Crippen LogP contribution is -2.63. The van der Waals surface area contributed by atoms with Gasteiger partial charge in [0, 0.05) is 5.69 Å². The first-order valence-corrected chi connectivity index (χ1v) is 15.4. The van der Waals surface area contributed by atoms with Gasteiger partial charge in [0.05, 0.1) is 23.7 Å². The third kappa shape index (κ3) is 5.96. The van der Waals surface area contributed by atoms with Crippen molar-refractivity contribution >= 4 is 17.6 Å². The van der Waals surface area contributed by atoms with Crippen LogP contribution in [-0.4, -0.2) is 57.9 Å². The molecule has 1 aromatic rings. The quantitative estimate of drug-likeness (QED) is 0.353. The maximum Gasteiger partial charge on any atom is 0.410 e. The lowest BCUT2D eigenvalue weighted by Gasteiger charge is -2.46. The van der Waals surface area contributed by atoms with Crippen LogP contribution in [0.15, 0.2) is 18.2 Å². The Hall–Kier alpha value is -2.33. The Labute approximate surface area is 240 Å². The van der Waals surface area contributed by atoms with Gasteiger partial charge in [-0.25, -0.2) is 4.79 Å². The smallest absolute Gasteiger partial charge is 0.388 e. The van der Waals surface area contributed by atoms with Gasteiger partial charge in [0.2, 0.25) is 5.91 Å². The predicted molar refractivity (Wildman–Crippen MR) is 151 cm³/mol. The Morgan fingerprint density at radius 3 is 2.10 bits per heavy atom. The van der Waals surface area contributed by atoms with Gasteiger partial charge in [-0.15, -0.1) is 0 Å². The van der Waals surface area contributed by atoms with E-state index in [1.807, 2.05) is 17.4 Å². The molecule has 5 rings (SSSR count). The molecule has 1 saturated heterocycles. The molecule has 3 amide bonds. The molecule has 10 heteroatoms. The Balaban J connectivity index is 1.34. The number of carbonyl (C=O) groups excluding carboxylic acids is 2. The number of anilines is 1. The van der Waals surface area contributed by atoms with Crippen LogP contribution in [0.1, 0.15) is 89.2 Å².